The molecule has 1 amide bonds. The first-order chi connectivity index (χ1) is 14.7. The molecule has 1 aromatic rings. The molecule has 0 radical (unpaired) electrons. The lowest BCUT2D eigenvalue weighted by Gasteiger charge is -2.52. The molecule has 1 aliphatic carbocycles. The van der Waals surface area contributed by atoms with Gasteiger partial charge in [0.1, 0.15) is 0 Å². The fourth-order valence-electron chi connectivity index (χ4n) is 6.48. The Kier molecular flexibility index (Phi) is 5.56. The molecule has 4 aliphatic rings. The minimum atomic E-state index is -0.123. The summed E-state index contributed by atoms with van der Waals surface area (Å²) in [4.78, 5) is 28.2. The van der Waals surface area contributed by atoms with Crippen LogP contribution in [0.5, 0.6) is 0 Å². The number of amides is 1. The average molecular weight is 414 g/mol. The zero-order chi connectivity index (χ0) is 20.6. The van der Waals surface area contributed by atoms with Crippen molar-refractivity contribution in [2.75, 3.05) is 44.2 Å². The number of rotatable bonds is 4. The standard InChI is InChI=1S/C23H35N5O2/c1-2-30-22(29)27-14-8-23(17-27)15-19(16-23)26-12-6-18(7-13-26)20-5-3-11-28(20)21-24-9-4-10-25-21/h4,9-10,18-20H,2-3,5-8,11-17H2,1H3. The Balaban J connectivity index is 1.11. The average Bonchev–Trinajstić information content (AvgIpc) is 3.42. The van der Waals surface area contributed by atoms with Gasteiger partial charge in [-0.3, -0.25) is 0 Å². The summed E-state index contributed by atoms with van der Waals surface area (Å²) in [6, 6.07) is 3.22. The van der Waals surface area contributed by atoms with E-state index in [1.807, 2.05) is 30.3 Å². The number of carbonyl (C=O) groups is 1. The monoisotopic (exact) mass is 413 g/mol. The molecule has 7 heteroatoms. The Hall–Kier alpha value is -1.89. The molecule has 30 heavy (non-hydrogen) atoms. The Morgan fingerprint density at radius 3 is 2.63 bits per heavy atom. The number of likely N-dealkylation sites (tertiary alicyclic amines) is 2. The van der Waals surface area contributed by atoms with E-state index in [2.05, 4.69) is 19.8 Å². The summed E-state index contributed by atoms with van der Waals surface area (Å²) >= 11 is 0. The van der Waals surface area contributed by atoms with Crippen LogP contribution in [0.3, 0.4) is 0 Å². The van der Waals surface area contributed by atoms with Crippen LogP contribution in [0.1, 0.15) is 51.9 Å². The number of nitrogens with zero attached hydrogens (tertiary/aromatic N) is 5. The van der Waals surface area contributed by atoms with Gasteiger partial charge in [0, 0.05) is 44.1 Å². The van der Waals surface area contributed by atoms with Gasteiger partial charge in [0.25, 0.3) is 0 Å². The third kappa shape index (κ3) is 3.77. The molecule has 1 saturated carbocycles. The van der Waals surface area contributed by atoms with Crippen molar-refractivity contribution < 1.29 is 9.53 Å². The molecule has 5 rings (SSSR count). The van der Waals surface area contributed by atoms with Crippen LogP contribution in [-0.4, -0.2) is 77.3 Å². The van der Waals surface area contributed by atoms with Gasteiger partial charge in [-0.2, -0.15) is 0 Å². The third-order valence-electron chi connectivity index (χ3n) is 8.04. The SMILES string of the molecule is CCOC(=O)N1CCC2(CC(N3CCC(C4CCCN4c4ncccn4)CC3)C2)C1. The highest BCUT2D eigenvalue weighted by Gasteiger charge is 2.51. The van der Waals surface area contributed by atoms with E-state index in [0.717, 1.165) is 37.9 Å². The van der Waals surface area contributed by atoms with E-state index in [-0.39, 0.29) is 6.09 Å². The summed E-state index contributed by atoms with van der Waals surface area (Å²) in [5.74, 6) is 1.67. The summed E-state index contributed by atoms with van der Waals surface area (Å²) < 4.78 is 5.20. The van der Waals surface area contributed by atoms with Crippen LogP contribution in [0.4, 0.5) is 10.7 Å². The van der Waals surface area contributed by atoms with Crippen LogP contribution < -0.4 is 4.90 Å². The zero-order valence-corrected chi connectivity index (χ0v) is 18.2. The first kappa shape index (κ1) is 20.0. The lowest BCUT2D eigenvalue weighted by atomic mass is 9.64. The summed E-state index contributed by atoms with van der Waals surface area (Å²) in [6.07, 6.45) is 12.3. The van der Waals surface area contributed by atoms with Crippen molar-refractivity contribution in [2.24, 2.45) is 11.3 Å². The van der Waals surface area contributed by atoms with Crippen LogP contribution in [-0.2, 0) is 4.74 Å². The van der Waals surface area contributed by atoms with Gasteiger partial charge >= 0.3 is 6.09 Å². The van der Waals surface area contributed by atoms with Gasteiger partial charge in [0.15, 0.2) is 0 Å². The Bertz CT molecular complexity index is 730. The summed E-state index contributed by atoms with van der Waals surface area (Å²) in [7, 11) is 0. The van der Waals surface area contributed by atoms with Crippen molar-refractivity contribution in [3.8, 4) is 0 Å². The lowest BCUT2D eigenvalue weighted by Crippen LogP contribution is -2.55. The highest BCUT2D eigenvalue weighted by molar-refractivity contribution is 5.68. The maximum absolute atomic E-state index is 12.0. The van der Waals surface area contributed by atoms with Crippen molar-refractivity contribution in [3.05, 3.63) is 18.5 Å². The number of carbonyl (C=O) groups excluding carboxylic acids is 1. The van der Waals surface area contributed by atoms with Crippen molar-refractivity contribution in [1.29, 1.82) is 0 Å². The Labute approximate surface area is 179 Å². The fourth-order valence-corrected chi connectivity index (χ4v) is 6.48. The topological polar surface area (TPSA) is 61.8 Å². The largest absolute Gasteiger partial charge is 0.450 e. The summed E-state index contributed by atoms with van der Waals surface area (Å²) in [5.41, 5.74) is 0.362. The molecule has 0 aromatic carbocycles. The van der Waals surface area contributed by atoms with E-state index in [4.69, 9.17) is 4.74 Å². The third-order valence-corrected chi connectivity index (χ3v) is 8.04. The van der Waals surface area contributed by atoms with E-state index in [9.17, 15) is 4.79 Å². The Morgan fingerprint density at radius 1 is 1.13 bits per heavy atom. The highest BCUT2D eigenvalue weighted by atomic mass is 16.6. The zero-order valence-electron chi connectivity index (χ0n) is 18.2. The predicted octanol–water partition coefficient (Wildman–Crippen LogP) is 3.17. The van der Waals surface area contributed by atoms with Gasteiger partial charge in [-0.1, -0.05) is 0 Å². The molecular weight excluding hydrogens is 378 g/mol. The van der Waals surface area contributed by atoms with Gasteiger partial charge < -0.3 is 19.4 Å². The van der Waals surface area contributed by atoms with Crippen LogP contribution in [0.2, 0.25) is 0 Å². The van der Waals surface area contributed by atoms with E-state index in [1.54, 1.807) is 0 Å². The number of ether oxygens (including phenoxy) is 1. The summed E-state index contributed by atoms with van der Waals surface area (Å²) in [5, 5.41) is 0. The number of hydrogen-bond acceptors (Lipinski definition) is 6. The van der Waals surface area contributed by atoms with Gasteiger partial charge in [-0.25, -0.2) is 14.8 Å². The van der Waals surface area contributed by atoms with Crippen LogP contribution in [0.15, 0.2) is 18.5 Å². The van der Waals surface area contributed by atoms with Crippen LogP contribution in [0.25, 0.3) is 0 Å². The van der Waals surface area contributed by atoms with Gasteiger partial charge in [0.2, 0.25) is 5.95 Å². The maximum atomic E-state index is 12.0. The predicted molar refractivity (Wildman–Crippen MR) is 115 cm³/mol. The summed E-state index contributed by atoms with van der Waals surface area (Å²) in [6.45, 7) is 7.63. The van der Waals surface area contributed by atoms with Crippen molar-refractivity contribution >= 4 is 12.0 Å². The first-order valence-electron chi connectivity index (χ1n) is 11.9. The lowest BCUT2D eigenvalue weighted by molar-refractivity contribution is -0.0110. The molecule has 4 heterocycles. The van der Waals surface area contributed by atoms with E-state index < -0.39 is 0 Å². The molecule has 1 atom stereocenters. The quantitative estimate of drug-likeness (QED) is 0.756. The second kappa shape index (κ2) is 8.33. The second-order valence-electron chi connectivity index (χ2n) is 9.76. The number of anilines is 1. The van der Waals surface area contributed by atoms with Gasteiger partial charge in [-0.05, 0) is 82.4 Å². The number of piperidine rings is 1. The van der Waals surface area contributed by atoms with Gasteiger partial charge in [0.05, 0.1) is 6.61 Å². The molecule has 1 spiro atoms. The van der Waals surface area contributed by atoms with Crippen LogP contribution >= 0.6 is 0 Å². The van der Waals surface area contributed by atoms with E-state index in [0.29, 0.717) is 24.1 Å². The van der Waals surface area contributed by atoms with Crippen molar-refractivity contribution in [3.63, 3.8) is 0 Å². The second-order valence-corrected chi connectivity index (χ2v) is 9.76. The van der Waals surface area contributed by atoms with Gasteiger partial charge in [-0.15, -0.1) is 0 Å². The molecule has 1 unspecified atom stereocenters. The first-order valence-corrected chi connectivity index (χ1v) is 11.9. The Morgan fingerprint density at radius 2 is 1.90 bits per heavy atom. The molecular formula is C23H35N5O2. The molecule has 4 fully saturated rings. The van der Waals surface area contributed by atoms with Crippen molar-refractivity contribution in [2.45, 2.75) is 64.0 Å². The molecule has 164 valence electrons. The molecule has 0 bridgehead atoms. The highest BCUT2D eigenvalue weighted by Crippen LogP contribution is 2.51. The normalized spacial score (nSPS) is 32.6. The number of hydrogen-bond donors (Lipinski definition) is 0. The van der Waals surface area contributed by atoms with Crippen molar-refractivity contribution in [1.82, 2.24) is 19.8 Å². The minimum absolute atomic E-state index is 0.123. The van der Waals surface area contributed by atoms with E-state index >= 15 is 0 Å². The van der Waals surface area contributed by atoms with Crippen LogP contribution in [0, 0.1) is 11.3 Å². The van der Waals surface area contributed by atoms with E-state index in [1.165, 1.54) is 51.6 Å². The minimum Gasteiger partial charge on any atom is -0.450 e. The molecule has 0 N–H and O–H groups in total. The molecule has 3 saturated heterocycles. The fraction of sp³-hybridized carbons (Fsp3) is 0.783. The smallest absolute Gasteiger partial charge is 0.409 e. The molecule has 1 aromatic heterocycles. The molecule has 7 nitrogen and oxygen atoms in total. The maximum Gasteiger partial charge on any atom is 0.409 e. The molecule has 3 aliphatic heterocycles. The number of aromatic nitrogens is 2.